The lowest BCUT2D eigenvalue weighted by atomic mass is 10.2. The molecule has 1 atom stereocenters. The number of thiophene rings is 2. The normalized spacial score (nSPS) is 13.3. The third kappa shape index (κ3) is 2.28. The van der Waals surface area contributed by atoms with E-state index in [1.54, 1.807) is 34.0 Å². The van der Waals surface area contributed by atoms with Crippen LogP contribution in [0.1, 0.15) is 21.7 Å². The third-order valence-corrected chi connectivity index (χ3v) is 5.71. The smallest absolute Gasteiger partial charge is 0.0957 e. The van der Waals surface area contributed by atoms with Crippen molar-refractivity contribution in [3.63, 3.8) is 0 Å². The van der Waals surface area contributed by atoms with Gasteiger partial charge in [0.15, 0.2) is 0 Å². The van der Waals surface area contributed by atoms with E-state index >= 15 is 0 Å². The average molecular weight is 281 g/mol. The van der Waals surface area contributed by atoms with E-state index in [1.807, 2.05) is 12.3 Å². The molecule has 3 aromatic heterocycles. The van der Waals surface area contributed by atoms with Crippen LogP contribution in [0.15, 0.2) is 22.9 Å². The van der Waals surface area contributed by atoms with Crippen molar-refractivity contribution in [2.45, 2.75) is 19.4 Å². The number of thiazole rings is 1. The number of fused-ring (bicyclic) bond motifs is 1. The maximum absolute atomic E-state index is 10.2. The Morgan fingerprint density at radius 2 is 2.24 bits per heavy atom. The number of aryl methyl sites for hydroxylation is 1. The van der Waals surface area contributed by atoms with Gasteiger partial charge in [-0.2, -0.15) is 0 Å². The molecule has 0 fully saturated rings. The second kappa shape index (κ2) is 4.49. The van der Waals surface area contributed by atoms with Crippen molar-refractivity contribution in [3.05, 3.63) is 38.5 Å². The first-order chi connectivity index (χ1) is 8.22. The topological polar surface area (TPSA) is 33.1 Å². The first-order valence-electron chi connectivity index (χ1n) is 5.28. The number of aliphatic hydroxyl groups is 1. The van der Waals surface area contributed by atoms with Crippen LogP contribution in [-0.4, -0.2) is 10.1 Å². The van der Waals surface area contributed by atoms with Crippen molar-refractivity contribution in [1.82, 2.24) is 4.98 Å². The summed E-state index contributed by atoms with van der Waals surface area (Å²) in [4.78, 5) is 5.42. The van der Waals surface area contributed by atoms with E-state index < -0.39 is 6.10 Å². The lowest BCUT2D eigenvalue weighted by Gasteiger charge is -2.05. The van der Waals surface area contributed by atoms with Crippen LogP contribution in [0, 0.1) is 6.92 Å². The molecule has 3 heterocycles. The summed E-state index contributed by atoms with van der Waals surface area (Å²) in [5.74, 6) is 0. The predicted octanol–water partition coefficient (Wildman–Crippen LogP) is 4.00. The quantitative estimate of drug-likeness (QED) is 0.787. The van der Waals surface area contributed by atoms with E-state index in [-0.39, 0.29) is 0 Å². The molecule has 3 rings (SSSR count). The van der Waals surface area contributed by atoms with Gasteiger partial charge in [0.2, 0.25) is 0 Å². The van der Waals surface area contributed by atoms with E-state index in [4.69, 9.17) is 0 Å². The summed E-state index contributed by atoms with van der Waals surface area (Å²) < 4.78 is 2.53. The average Bonchev–Trinajstić information content (AvgIpc) is 2.92. The molecular formula is C12H11NOS3. The Labute approximate surface area is 111 Å². The van der Waals surface area contributed by atoms with Crippen molar-refractivity contribution < 1.29 is 5.11 Å². The van der Waals surface area contributed by atoms with Gasteiger partial charge in [-0.15, -0.1) is 34.0 Å². The van der Waals surface area contributed by atoms with Gasteiger partial charge in [0.25, 0.3) is 0 Å². The molecule has 0 saturated heterocycles. The lowest BCUT2D eigenvalue weighted by Crippen LogP contribution is -1.98. The first-order valence-corrected chi connectivity index (χ1v) is 7.86. The van der Waals surface area contributed by atoms with Crippen molar-refractivity contribution in [2.24, 2.45) is 0 Å². The van der Waals surface area contributed by atoms with Crippen molar-refractivity contribution in [2.75, 3.05) is 0 Å². The van der Waals surface area contributed by atoms with E-state index in [0.29, 0.717) is 6.42 Å². The molecule has 3 aromatic rings. The Morgan fingerprint density at radius 3 is 2.94 bits per heavy atom. The van der Waals surface area contributed by atoms with Crippen molar-refractivity contribution >= 4 is 43.4 Å². The molecule has 0 saturated carbocycles. The zero-order valence-corrected chi connectivity index (χ0v) is 11.7. The number of aromatic nitrogens is 1. The molecule has 1 unspecified atom stereocenters. The summed E-state index contributed by atoms with van der Waals surface area (Å²) in [6.45, 7) is 1.98. The summed E-state index contributed by atoms with van der Waals surface area (Å²) in [5.41, 5.74) is 1.03. The Bertz CT molecular complexity index is 608. The fourth-order valence-corrected chi connectivity index (χ4v) is 4.63. The van der Waals surface area contributed by atoms with Gasteiger partial charge < -0.3 is 5.11 Å². The minimum Gasteiger partial charge on any atom is -0.387 e. The molecule has 0 aliphatic rings. The Balaban J connectivity index is 1.82. The number of hydrogen-bond acceptors (Lipinski definition) is 5. The Hall–Kier alpha value is -0.750. The summed E-state index contributed by atoms with van der Waals surface area (Å²) in [6.07, 6.45) is 0.192. The zero-order chi connectivity index (χ0) is 11.8. The van der Waals surface area contributed by atoms with Gasteiger partial charge in [0, 0.05) is 31.8 Å². The molecule has 1 N–H and O–H groups in total. The van der Waals surface area contributed by atoms with Crippen molar-refractivity contribution in [3.8, 4) is 0 Å². The molecule has 0 radical (unpaired) electrons. The van der Waals surface area contributed by atoms with Crippen molar-refractivity contribution in [1.29, 1.82) is 0 Å². The van der Waals surface area contributed by atoms with Crippen LogP contribution in [0.25, 0.3) is 9.40 Å². The van der Waals surface area contributed by atoms with E-state index in [0.717, 1.165) is 15.6 Å². The fraction of sp³-hybridized carbons (Fsp3) is 0.250. The Morgan fingerprint density at radius 1 is 1.35 bits per heavy atom. The van der Waals surface area contributed by atoms with Crippen LogP contribution in [0.5, 0.6) is 0 Å². The summed E-state index contributed by atoms with van der Waals surface area (Å²) in [6, 6.07) is 4.20. The van der Waals surface area contributed by atoms with Crippen LogP contribution in [0.2, 0.25) is 0 Å². The lowest BCUT2D eigenvalue weighted by molar-refractivity contribution is 0.182. The van der Waals surface area contributed by atoms with Crippen LogP contribution in [-0.2, 0) is 6.42 Å². The molecule has 0 aliphatic heterocycles. The minimum absolute atomic E-state index is 0.426. The highest BCUT2D eigenvalue weighted by atomic mass is 32.1. The second-order valence-electron chi connectivity index (χ2n) is 3.90. The molecule has 88 valence electrons. The van der Waals surface area contributed by atoms with Gasteiger partial charge in [-0.25, -0.2) is 4.98 Å². The van der Waals surface area contributed by atoms with Crippen LogP contribution >= 0.6 is 34.0 Å². The third-order valence-electron chi connectivity index (χ3n) is 2.52. The highest BCUT2D eigenvalue weighted by Gasteiger charge is 2.14. The molecule has 5 heteroatoms. The highest BCUT2D eigenvalue weighted by molar-refractivity contribution is 7.26. The SMILES string of the molecule is Cc1csc(CC(O)c2cc3sccc3s2)n1. The van der Waals surface area contributed by atoms with Gasteiger partial charge in [-0.05, 0) is 24.4 Å². The monoisotopic (exact) mass is 281 g/mol. The van der Waals surface area contributed by atoms with Crippen LogP contribution < -0.4 is 0 Å². The first kappa shape index (κ1) is 11.3. The highest BCUT2D eigenvalue weighted by Crippen LogP contribution is 2.34. The predicted molar refractivity (Wildman–Crippen MR) is 75.2 cm³/mol. The molecule has 0 aromatic carbocycles. The molecule has 0 aliphatic carbocycles. The van der Waals surface area contributed by atoms with Gasteiger partial charge >= 0.3 is 0 Å². The molecule has 0 spiro atoms. The van der Waals surface area contributed by atoms with Crippen LogP contribution in [0.3, 0.4) is 0 Å². The maximum Gasteiger partial charge on any atom is 0.0957 e. The zero-order valence-electron chi connectivity index (χ0n) is 9.21. The van der Waals surface area contributed by atoms with E-state index in [2.05, 4.69) is 22.5 Å². The molecule has 17 heavy (non-hydrogen) atoms. The van der Waals surface area contributed by atoms with E-state index in [9.17, 15) is 5.11 Å². The van der Waals surface area contributed by atoms with Gasteiger partial charge in [-0.3, -0.25) is 0 Å². The number of rotatable bonds is 3. The number of hydrogen-bond donors (Lipinski definition) is 1. The Kier molecular flexibility index (Phi) is 3.00. The second-order valence-corrected chi connectivity index (χ2v) is 6.91. The molecule has 0 amide bonds. The van der Waals surface area contributed by atoms with Crippen LogP contribution in [0.4, 0.5) is 0 Å². The molecule has 2 nitrogen and oxygen atoms in total. The standard InChI is InChI=1S/C12H11NOS3/c1-7-6-16-12(13-7)4-8(14)10-5-11-9(17-10)2-3-15-11/h2-3,5-6,8,14H,4H2,1H3. The van der Waals surface area contributed by atoms with Gasteiger partial charge in [-0.1, -0.05) is 0 Å². The van der Waals surface area contributed by atoms with Gasteiger partial charge in [0.05, 0.1) is 11.1 Å². The maximum atomic E-state index is 10.2. The molecule has 0 bridgehead atoms. The van der Waals surface area contributed by atoms with Gasteiger partial charge in [0.1, 0.15) is 0 Å². The summed E-state index contributed by atoms with van der Waals surface area (Å²) in [7, 11) is 0. The number of aliphatic hydroxyl groups excluding tert-OH is 1. The minimum atomic E-state index is -0.426. The largest absolute Gasteiger partial charge is 0.387 e. The number of nitrogens with zero attached hydrogens (tertiary/aromatic N) is 1. The summed E-state index contributed by atoms with van der Waals surface area (Å²) >= 11 is 5.02. The summed E-state index contributed by atoms with van der Waals surface area (Å²) in [5, 5.41) is 15.3. The molecular weight excluding hydrogens is 270 g/mol. The fourth-order valence-electron chi connectivity index (χ4n) is 1.71. The van der Waals surface area contributed by atoms with E-state index in [1.165, 1.54) is 9.40 Å².